The van der Waals surface area contributed by atoms with Gasteiger partial charge in [0.25, 0.3) is 5.91 Å². The number of rotatable bonds is 1. The Kier molecular flexibility index (Phi) is 2.97. The van der Waals surface area contributed by atoms with Gasteiger partial charge in [-0.1, -0.05) is 41.9 Å². The van der Waals surface area contributed by atoms with Gasteiger partial charge in [-0.15, -0.1) is 0 Å². The van der Waals surface area contributed by atoms with E-state index in [1.165, 1.54) is 0 Å². The number of fused-ring (bicyclic) bond motifs is 1. The SMILES string of the molecule is O=C1C=C(c2ccccc2)Nc2ccc(Cl)cc2N1. The fraction of sp³-hybridized carbons (Fsp3) is 0. The number of anilines is 2. The summed E-state index contributed by atoms with van der Waals surface area (Å²) >= 11 is 5.93. The van der Waals surface area contributed by atoms with Gasteiger partial charge in [0.2, 0.25) is 0 Å². The lowest BCUT2D eigenvalue weighted by atomic mass is 10.1. The highest BCUT2D eigenvalue weighted by Crippen LogP contribution is 2.31. The van der Waals surface area contributed by atoms with Crippen LogP contribution in [0.1, 0.15) is 5.56 Å². The first-order valence-corrected chi connectivity index (χ1v) is 6.25. The summed E-state index contributed by atoms with van der Waals surface area (Å²) in [5.74, 6) is -0.174. The molecule has 3 nitrogen and oxygen atoms in total. The Morgan fingerprint density at radius 3 is 2.47 bits per heavy atom. The van der Waals surface area contributed by atoms with Gasteiger partial charge in [-0.2, -0.15) is 0 Å². The van der Waals surface area contributed by atoms with Crippen molar-refractivity contribution < 1.29 is 4.79 Å². The third-order valence-corrected chi connectivity index (χ3v) is 3.10. The Balaban J connectivity index is 2.05. The second-order valence-electron chi connectivity index (χ2n) is 4.23. The molecule has 0 aliphatic carbocycles. The topological polar surface area (TPSA) is 41.1 Å². The van der Waals surface area contributed by atoms with Crippen LogP contribution >= 0.6 is 11.6 Å². The van der Waals surface area contributed by atoms with Crippen LogP contribution in [0, 0.1) is 0 Å². The second-order valence-corrected chi connectivity index (χ2v) is 4.66. The summed E-state index contributed by atoms with van der Waals surface area (Å²) in [6, 6.07) is 15.1. The molecule has 1 amide bonds. The predicted molar refractivity (Wildman–Crippen MR) is 78.1 cm³/mol. The standard InChI is InChI=1S/C15H11ClN2O/c16-11-6-7-12-14(8-11)18-15(19)9-13(17-12)10-4-2-1-3-5-10/h1-9,17H,(H,18,19). The summed E-state index contributed by atoms with van der Waals surface area (Å²) in [6.07, 6.45) is 1.54. The van der Waals surface area contributed by atoms with E-state index < -0.39 is 0 Å². The van der Waals surface area contributed by atoms with Crippen LogP contribution in [-0.4, -0.2) is 5.91 Å². The highest BCUT2D eigenvalue weighted by molar-refractivity contribution is 6.31. The zero-order chi connectivity index (χ0) is 13.2. The van der Waals surface area contributed by atoms with Gasteiger partial charge < -0.3 is 10.6 Å². The molecule has 0 atom stereocenters. The molecule has 0 aromatic heterocycles. The lowest BCUT2D eigenvalue weighted by molar-refractivity contribution is -0.111. The van der Waals surface area contributed by atoms with Gasteiger partial charge in [-0.25, -0.2) is 0 Å². The molecule has 0 radical (unpaired) electrons. The number of nitrogens with one attached hydrogen (secondary N) is 2. The van der Waals surface area contributed by atoms with E-state index in [1.807, 2.05) is 36.4 Å². The van der Waals surface area contributed by atoms with Crippen molar-refractivity contribution in [3.8, 4) is 0 Å². The maximum Gasteiger partial charge on any atom is 0.250 e. The Morgan fingerprint density at radius 1 is 0.895 bits per heavy atom. The number of halogens is 1. The molecular weight excluding hydrogens is 260 g/mol. The van der Waals surface area contributed by atoms with E-state index in [1.54, 1.807) is 18.2 Å². The number of hydrogen-bond donors (Lipinski definition) is 2. The van der Waals surface area contributed by atoms with Crippen LogP contribution in [0.3, 0.4) is 0 Å². The first-order valence-electron chi connectivity index (χ1n) is 5.87. The number of amides is 1. The van der Waals surface area contributed by atoms with Crippen LogP contribution in [0.2, 0.25) is 5.02 Å². The molecule has 0 fully saturated rings. The monoisotopic (exact) mass is 270 g/mol. The van der Waals surface area contributed by atoms with Gasteiger partial charge in [-0.3, -0.25) is 4.79 Å². The zero-order valence-corrected chi connectivity index (χ0v) is 10.7. The second kappa shape index (κ2) is 4.78. The lowest BCUT2D eigenvalue weighted by Gasteiger charge is -2.11. The maximum absolute atomic E-state index is 11.9. The molecule has 94 valence electrons. The maximum atomic E-state index is 11.9. The number of benzene rings is 2. The van der Waals surface area contributed by atoms with E-state index >= 15 is 0 Å². The van der Waals surface area contributed by atoms with Gasteiger partial charge >= 0.3 is 0 Å². The molecule has 0 unspecified atom stereocenters. The smallest absolute Gasteiger partial charge is 0.250 e. The van der Waals surface area contributed by atoms with Gasteiger partial charge in [0.1, 0.15) is 0 Å². The van der Waals surface area contributed by atoms with E-state index in [-0.39, 0.29) is 5.91 Å². The molecule has 4 heteroatoms. The van der Waals surface area contributed by atoms with Crippen LogP contribution in [0.25, 0.3) is 5.70 Å². The first-order chi connectivity index (χ1) is 9.22. The summed E-state index contributed by atoms with van der Waals surface area (Å²) in [4.78, 5) is 11.9. The molecule has 0 bridgehead atoms. The van der Waals surface area contributed by atoms with E-state index in [4.69, 9.17) is 11.6 Å². The third kappa shape index (κ3) is 2.46. The molecule has 1 aliphatic heterocycles. The molecule has 0 spiro atoms. The first kappa shape index (κ1) is 11.8. The van der Waals surface area contributed by atoms with Gasteiger partial charge in [0.05, 0.1) is 17.1 Å². The minimum Gasteiger partial charge on any atom is -0.353 e. The van der Waals surface area contributed by atoms with Crippen molar-refractivity contribution >= 4 is 34.6 Å². The third-order valence-electron chi connectivity index (χ3n) is 2.87. The van der Waals surface area contributed by atoms with Crippen molar-refractivity contribution in [2.24, 2.45) is 0 Å². The van der Waals surface area contributed by atoms with E-state index in [0.29, 0.717) is 10.7 Å². The molecule has 2 aromatic carbocycles. The van der Waals surface area contributed by atoms with Crippen molar-refractivity contribution in [1.82, 2.24) is 0 Å². The lowest BCUT2D eigenvalue weighted by Crippen LogP contribution is -2.06. The number of carbonyl (C=O) groups is 1. The predicted octanol–water partition coefficient (Wildman–Crippen LogP) is 3.75. The number of hydrogen-bond acceptors (Lipinski definition) is 2. The molecule has 19 heavy (non-hydrogen) atoms. The fourth-order valence-electron chi connectivity index (χ4n) is 1.98. The molecule has 0 saturated carbocycles. The minimum absolute atomic E-state index is 0.174. The van der Waals surface area contributed by atoms with Gasteiger partial charge in [-0.05, 0) is 23.8 Å². The van der Waals surface area contributed by atoms with Crippen molar-refractivity contribution in [2.45, 2.75) is 0 Å². The van der Waals surface area contributed by atoms with Crippen LogP contribution in [0.15, 0.2) is 54.6 Å². The van der Waals surface area contributed by atoms with Crippen LogP contribution in [0.4, 0.5) is 11.4 Å². The molecule has 2 aromatic rings. The number of carbonyl (C=O) groups excluding carboxylic acids is 1. The fourth-order valence-corrected chi connectivity index (χ4v) is 2.16. The van der Waals surface area contributed by atoms with Crippen molar-refractivity contribution in [1.29, 1.82) is 0 Å². The van der Waals surface area contributed by atoms with Crippen molar-refractivity contribution in [3.05, 3.63) is 65.2 Å². The Bertz CT molecular complexity index is 665. The Labute approximate surface area is 115 Å². The highest BCUT2D eigenvalue weighted by Gasteiger charge is 2.14. The quantitative estimate of drug-likeness (QED) is 0.829. The summed E-state index contributed by atoms with van der Waals surface area (Å²) in [5, 5.41) is 6.64. The van der Waals surface area contributed by atoms with Crippen LogP contribution in [0.5, 0.6) is 0 Å². The van der Waals surface area contributed by atoms with Gasteiger partial charge in [0, 0.05) is 11.1 Å². The molecule has 1 heterocycles. The Hall–Kier alpha value is -2.26. The molecular formula is C15H11ClN2O. The molecule has 0 saturated heterocycles. The minimum atomic E-state index is -0.174. The molecule has 1 aliphatic rings. The van der Waals surface area contributed by atoms with Crippen molar-refractivity contribution in [2.75, 3.05) is 10.6 Å². The normalized spacial score (nSPS) is 13.7. The summed E-state index contributed by atoms with van der Waals surface area (Å²) in [5.41, 5.74) is 3.23. The van der Waals surface area contributed by atoms with Crippen LogP contribution in [-0.2, 0) is 4.79 Å². The van der Waals surface area contributed by atoms with E-state index in [2.05, 4.69) is 10.6 Å². The average molecular weight is 271 g/mol. The summed E-state index contributed by atoms with van der Waals surface area (Å²) in [7, 11) is 0. The largest absolute Gasteiger partial charge is 0.353 e. The molecule has 3 rings (SSSR count). The van der Waals surface area contributed by atoms with E-state index in [9.17, 15) is 4.79 Å². The Morgan fingerprint density at radius 2 is 1.68 bits per heavy atom. The van der Waals surface area contributed by atoms with Gasteiger partial charge in [0.15, 0.2) is 0 Å². The van der Waals surface area contributed by atoms with Crippen LogP contribution < -0.4 is 10.6 Å². The average Bonchev–Trinajstić information content (AvgIpc) is 2.57. The summed E-state index contributed by atoms with van der Waals surface area (Å²) in [6.45, 7) is 0. The molecule has 2 N–H and O–H groups in total. The zero-order valence-electron chi connectivity index (χ0n) is 9.98. The highest BCUT2D eigenvalue weighted by atomic mass is 35.5. The van der Waals surface area contributed by atoms with E-state index in [0.717, 1.165) is 16.9 Å². The summed E-state index contributed by atoms with van der Waals surface area (Å²) < 4.78 is 0. The van der Waals surface area contributed by atoms with Crippen molar-refractivity contribution in [3.63, 3.8) is 0 Å².